The van der Waals surface area contributed by atoms with Gasteiger partial charge in [0.25, 0.3) is 0 Å². The molecule has 5 rings (SSSR count). The van der Waals surface area contributed by atoms with E-state index in [1.807, 2.05) is 21.9 Å². The zero-order valence-electron chi connectivity index (χ0n) is 23.1. The van der Waals surface area contributed by atoms with Crippen molar-refractivity contribution in [2.45, 2.75) is 69.8 Å². The number of carbonyl (C=O) groups excluding carboxylic acids is 1. The minimum absolute atomic E-state index is 0.0896. The lowest BCUT2D eigenvalue weighted by molar-refractivity contribution is -0.137. The second-order valence-corrected chi connectivity index (χ2v) is 11.8. The number of anilines is 1. The molecule has 1 N–H and O–H groups in total. The summed E-state index contributed by atoms with van der Waals surface area (Å²) in [6, 6.07) is 5.95. The van der Waals surface area contributed by atoms with Gasteiger partial charge in [-0.2, -0.15) is 13.2 Å². The quantitative estimate of drug-likeness (QED) is 0.503. The van der Waals surface area contributed by atoms with E-state index in [2.05, 4.69) is 9.97 Å². The minimum Gasteiger partial charge on any atom is -0.384 e. The predicted molar refractivity (Wildman–Crippen MR) is 144 cm³/mol. The molecule has 2 saturated heterocycles. The van der Waals surface area contributed by atoms with Gasteiger partial charge < -0.3 is 19.6 Å². The Hall–Kier alpha value is -2.72. The molecule has 3 fully saturated rings. The lowest BCUT2D eigenvalue weighted by Gasteiger charge is -2.36. The van der Waals surface area contributed by atoms with Gasteiger partial charge in [-0.1, -0.05) is 6.07 Å². The summed E-state index contributed by atoms with van der Waals surface area (Å²) in [7, 11) is 1.65. The van der Waals surface area contributed by atoms with Crippen LogP contribution in [0.3, 0.4) is 0 Å². The summed E-state index contributed by atoms with van der Waals surface area (Å²) in [5.74, 6) is 1.42. The van der Waals surface area contributed by atoms with Gasteiger partial charge in [-0.3, -0.25) is 9.78 Å². The van der Waals surface area contributed by atoms with Crippen molar-refractivity contribution >= 4 is 11.7 Å². The maximum Gasteiger partial charge on any atom is 0.416 e. The molecule has 2 aromatic heterocycles. The van der Waals surface area contributed by atoms with Gasteiger partial charge >= 0.3 is 6.18 Å². The molecular formula is C30H39F3N4O3. The monoisotopic (exact) mass is 560 g/mol. The van der Waals surface area contributed by atoms with Crippen LogP contribution in [0.25, 0.3) is 0 Å². The van der Waals surface area contributed by atoms with E-state index in [0.29, 0.717) is 63.0 Å². The van der Waals surface area contributed by atoms with Crippen LogP contribution >= 0.6 is 0 Å². The van der Waals surface area contributed by atoms with E-state index in [9.17, 15) is 23.1 Å². The lowest BCUT2D eigenvalue weighted by Crippen LogP contribution is -2.42. The van der Waals surface area contributed by atoms with E-state index in [1.165, 1.54) is 6.20 Å². The number of amides is 1. The molecule has 1 unspecified atom stereocenters. The SMILES string of the molecule is COCc1ccc(C2(O)CCC(CC3CCN(C(=O)C4CCN(c5cc(C(F)(F)F)ccn5)CC4)C3)CC2)nc1. The fraction of sp³-hybridized carbons (Fsp3) is 0.633. The minimum atomic E-state index is -4.40. The van der Waals surface area contributed by atoms with Gasteiger partial charge in [0.15, 0.2) is 0 Å². The average molecular weight is 561 g/mol. The van der Waals surface area contributed by atoms with Crippen molar-refractivity contribution in [3.8, 4) is 0 Å². The van der Waals surface area contributed by atoms with Gasteiger partial charge in [-0.15, -0.1) is 0 Å². The highest BCUT2D eigenvalue weighted by Crippen LogP contribution is 2.42. The Morgan fingerprint density at radius 3 is 2.45 bits per heavy atom. The molecule has 0 spiro atoms. The molecule has 1 aliphatic carbocycles. The van der Waals surface area contributed by atoms with E-state index >= 15 is 0 Å². The van der Waals surface area contributed by atoms with Crippen molar-refractivity contribution in [1.82, 2.24) is 14.9 Å². The molecule has 40 heavy (non-hydrogen) atoms. The lowest BCUT2D eigenvalue weighted by atomic mass is 9.74. The van der Waals surface area contributed by atoms with Crippen molar-refractivity contribution in [3.05, 3.63) is 53.5 Å². The van der Waals surface area contributed by atoms with Crippen LogP contribution in [0.1, 0.15) is 68.2 Å². The topological polar surface area (TPSA) is 78.8 Å². The van der Waals surface area contributed by atoms with E-state index in [4.69, 9.17) is 4.74 Å². The third-order valence-electron chi connectivity index (χ3n) is 9.05. The Labute approximate surface area is 233 Å². The largest absolute Gasteiger partial charge is 0.416 e. The highest BCUT2D eigenvalue weighted by molar-refractivity contribution is 5.79. The number of pyridine rings is 2. The van der Waals surface area contributed by atoms with E-state index in [1.54, 1.807) is 13.3 Å². The van der Waals surface area contributed by atoms with Crippen LogP contribution in [0, 0.1) is 17.8 Å². The van der Waals surface area contributed by atoms with Gasteiger partial charge in [-0.05, 0) is 87.0 Å². The number of aromatic nitrogens is 2. The van der Waals surface area contributed by atoms with E-state index in [-0.39, 0.29) is 11.8 Å². The fourth-order valence-electron chi connectivity index (χ4n) is 6.68. The van der Waals surface area contributed by atoms with Crippen molar-refractivity contribution < 1.29 is 27.8 Å². The number of aliphatic hydroxyl groups is 1. The third-order valence-corrected chi connectivity index (χ3v) is 9.05. The molecule has 0 radical (unpaired) electrons. The van der Waals surface area contributed by atoms with Crippen molar-refractivity contribution in [1.29, 1.82) is 0 Å². The Kier molecular flexibility index (Phi) is 8.66. The van der Waals surface area contributed by atoms with Gasteiger partial charge in [0.1, 0.15) is 11.4 Å². The van der Waals surface area contributed by atoms with Crippen LogP contribution in [0.15, 0.2) is 36.7 Å². The molecule has 3 aliphatic rings. The van der Waals surface area contributed by atoms with Crippen molar-refractivity contribution in [2.75, 3.05) is 38.2 Å². The summed E-state index contributed by atoms with van der Waals surface area (Å²) < 4.78 is 44.4. The maximum absolute atomic E-state index is 13.3. The molecule has 2 aromatic rings. The number of ether oxygens (including phenoxy) is 1. The van der Waals surface area contributed by atoms with Crippen LogP contribution in [0.5, 0.6) is 0 Å². The maximum atomic E-state index is 13.3. The number of hydrogen-bond acceptors (Lipinski definition) is 6. The summed E-state index contributed by atoms with van der Waals surface area (Å²) in [6.45, 7) is 3.10. The molecule has 0 bridgehead atoms. The van der Waals surface area contributed by atoms with E-state index in [0.717, 1.165) is 62.2 Å². The summed E-state index contributed by atoms with van der Waals surface area (Å²) in [4.78, 5) is 25.8. The molecule has 1 atom stereocenters. The highest BCUT2D eigenvalue weighted by Gasteiger charge is 2.39. The fourth-order valence-corrected chi connectivity index (χ4v) is 6.68. The van der Waals surface area contributed by atoms with Crippen molar-refractivity contribution in [2.24, 2.45) is 17.8 Å². The number of hydrogen-bond donors (Lipinski definition) is 1. The molecular weight excluding hydrogens is 521 g/mol. The van der Waals surface area contributed by atoms with Gasteiger partial charge in [0, 0.05) is 51.6 Å². The first-order valence-electron chi connectivity index (χ1n) is 14.4. The summed E-state index contributed by atoms with van der Waals surface area (Å²) in [5, 5.41) is 11.2. The number of halogens is 3. The molecule has 7 nitrogen and oxygen atoms in total. The molecule has 10 heteroatoms. The number of rotatable bonds is 7. The summed E-state index contributed by atoms with van der Waals surface area (Å²) in [6.07, 6.45) is 5.19. The number of nitrogens with zero attached hydrogens (tertiary/aromatic N) is 4. The Morgan fingerprint density at radius 1 is 1.05 bits per heavy atom. The Bertz CT molecular complexity index is 1140. The van der Waals surface area contributed by atoms with E-state index < -0.39 is 17.3 Å². The summed E-state index contributed by atoms with van der Waals surface area (Å²) in [5.41, 5.74) is 0.147. The molecule has 0 aromatic carbocycles. The first kappa shape index (κ1) is 28.8. The normalized spacial score (nSPS) is 26.3. The van der Waals surface area contributed by atoms with Crippen LogP contribution in [0.2, 0.25) is 0 Å². The number of methoxy groups -OCH3 is 1. The van der Waals surface area contributed by atoms with Crippen LogP contribution in [0.4, 0.5) is 19.0 Å². The van der Waals surface area contributed by atoms with Crippen molar-refractivity contribution in [3.63, 3.8) is 0 Å². The van der Waals surface area contributed by atoms with Gasteiger partial charge in [0.05, 0.1) is 17.9 Å². The second-order valence-electron chi connectivity index (χ2n) is 11.8. The average Bonchev–Trinajstić information content (AvgIpc) is 3.43. The first-order valence-corrected chi connectivity index (χ1v) is 14.4. The zero-order valence-corrected chi connectivity index (χ0v) is 23.1. The number of alkyl halides is 3. The first-order chi connectivity index (χ1) is 19.1. The zero-order chi connectivity index (χ0) is 28.3. The van der Waals surface area contributed by atoms with Crippen LogP contribution in [-0.4, -0.2) is 59.2 Å². The molecule has 4 heterocycles. The summed E-state index contributed by atoms with van der Waals surface area (Å²) >= 11 is 0. The number of likely N-dealkylation sites (tertiary alicyclic amines) is 1. The molecule has 1 amide bonds. The second kappa shape index (κ2) is 12.0. The van der Waals surface area contributed by atoms with Gasteiger partial charge in [-0.25, -0.2) is 4.98 Å². The Balaban J connectivity index is 1.06. The third kappa shape index (κ3) is 6.60. The predicted octanol–water partition coefficient (Wildman–Crippen LogP) is 5.17. The smallest absolute Gasteiger partial charge is 0.384 e. The number of carbonyl (C=O) groups is 1. The highest BCUT2D eigenvalue weighted by atomic mass is 19.4. The molecule has 2 aliphatic heterocycles. The van der Waals surface area contributed by atoms with Crippen LogP contribution in [-0.2, 0) is 27.9 Å². The molecule has 1 saturated carbocycles. The van der Waals surface area contributed by atoms with Gasteiger partial charge in [0.2, 0.25) is 5.91 Å². The van der Waals surface area contributed by atoms with Crippen LogP contribution < -0.4 is 4.90 Å². The Morgan fingerprint density at radius 2 is 1.80 bits per heavy atom. The molecule has 218 valence electrons. The number of piperidine rings is 1. The standard InChI is InChI=1S/C30H39F3N4O3/c1-40-20-23-2-3-26(35-18-23)29(39)10-4-21(5-11-29)16-22-7-13-37(19-22)28(38)24-8-14-36(15-9-24)27-17-25(6-12-34-27)30(31,32)33/h2-3,6,12,17-18,21-22,24,39H,4-5,7-11,13-16,19-20H2,1H3.